The van der Waals surface area contributed by atoms with Gasteiger partial charge in [-0.05, 0) is 0 Å². The van der Waals surface area contributed by atoms with E-state index in [0.717, 1.165) is 27.7 Å². The maximum atomic E-state index is 13.1. The number of ether oxygens (including phenoxy) is 16. The van der Waals surface area contributed by atoms with E-state index in [0.29, 0.717) is 0 Å². The molecule has 44 atom stereocenters. The molecule has 8 aliphatic rings. The SMILES string of the molecule is CC(=O)N[C@H]1[C@H](O[C@H]2[C@H](O)[C@@H](NC(C)=O)[C@H](O[C@@H]3[C@@H](O[C@@H]4[C@H](O)[C@H](O[C@H]5[C@H](O)[C@@H](NC(C)=O)[C@H](O[C@@H]([C@H](O)[C@H](CO)NC(C)=O)[C@H](O)CO)O[C@@H]5CO)O[C@H](CO[C@H]5O[C@H](CO[C@H]6O[C@H](CO)[C@@H](O)[C@H](O)[C@@H]6O)[C@@H](O)[C@H](O[C@H]6O[C@H](CO)[C@@H](O)[C@H](O)[C@@H]6O)[C@@H]5O)[C@H]4O)O[C@H](CO)[C@@H](O)[C@@H]3O)O[C@@H]2CO)O[C@H](CO)[C@H](OS(=O)(=O)O)[C@@H]1O. The largest absolute Gasteiger partial charge is 0.397 e. The van der Waals surface area contributed by atoms with Crippen molar-refractivity contribution in [2.45, 2.75) is 298 Å². The Bertz CT molecular complexity index is 3190. The molecule has 0 aromatic rings. The summed E-state index contributed by atoms with van der Waals surface area (Å²) in [5.41, 5.74) is 0. The quantitative estimate of drug-likeness (QED) is 0.0262. The van der Waals surface area contributed by atoms with Crippen LogP contribution >= 0.6 is 0 Å². The molecule has 53 nitrogen and oxygen atoms in total. The second-order valence-electron chi connectivity index (χ2n) is 28.5. The molecule has 54 heteroatoms. The summed E-state index contributed by atoms with van der Waals surface area (Å²) in [6.45, 7) is -7.84. The zero-order chi connectivity index (χ0) is 86.1. The number of rotatable bonds is 35. The number of carbonyl (C=O) groups excluding carboxylic acids is 4. The lowest BCUT2D eigenvalue weighted by Gasteiger charge is -2.51. The monoisotopic (exact) mass is 1720 g/mol. The van der Waals surface area contributed by atoms with E-state index in [9.17, 15) is 160 Å². The Morgan fingerprint density at radius 1 is 0.336 bits per heavy atom. The van der Waals surface area contributed by atoms with Crippen LogP contribution in [0.1, 0.15) is 27.7 Å². The molecule has 0 aromatic heterocycles. The fraction of sp³-hybridized carbons (Fsp3) is 0.935. The van der Waals surface area contributed by atoms with Gasteiger partial charge in [-0.25, -0.2) is 4.18 Å². The number of nitrogens with one attached hydrogen (secondary N) is 4. The highest BCUT2D eigenvalue weighted by Crippen LogP contribution is 2.39. The Kier molecular flexibility index (Phi) is 36.1. The van der Waals surface area contributed by atoms with E-state index in [1.165, 1.54) is 0 Å². The third-order valence-corrected chi connectivity index (χ3v) is 20.7. The lowest BCUT2D eigenvalue weighted by molar-refractivity contribution is -0.397. The van der Waals surface area contributed by atoms with Gasteiger partial charge in [0.25, 0.3) is 0 Å². The van der Waals surface area contributed by atoms with E-state index in [4.69, 9.17) is 75.8 Å². The Morgan fingerprint density at radius 3 is 1.09 bits per heavy atom. The van der Waals surface area contributed by atoms with Crippen LogP contribution < -0.4 is 21.3 Å². The van der Waals surface area contributed by atoms with E-state index in [2.05, 4.69) is 25.5 Å². The Morgan fingerprint density at radius 2 is 0.664 bits per heavy atom. The highest BCUT2D eigenvalue weighted by molar-refractivity contribution is 7.80. The van der Waals surface area contributed by atoms with Crippen LogP contribution in [0.25, 0.3) is 0 Å². The first-order valence-electron chi connectivity index (χ1n) is 36.2. The summed E-state index contributed by atoms with van der Waals surface area (Å²) in [5, 5.41) is 287. The molecule has 8 aliphatic heterocycles. The Balaban J connectivity index is 1.16. The van der Waals surface area contributed by atoms with Crippen LogP contribution in [0, 0.1) is 0 Å². The second-order valence-corrected chi connectivity index (χ2v) is 29.5. The summed E-state index contributed by atoms with van der Waals surface area (Å²) in [5.74, 6) is -3.83. The second kappa shape index (κ2) is 42.9. The first kappa shape index (κ1) is 97.6. The number of amides is 4. The smallest absolute Gasteiger partial charge is 0.394 e. The molecular weight excluding hydrogens is 1620 g/mol. The van der Waals surface area contributed by atoms with Gasteiger partial charge in [0.1, 0.15) is 213 Å². The first-order chi connectivity index (χ1) is 54.6. The molecule has 8 saturated heterocycles. The summed E-state index contributed by atoms with van der Waals surface area (Å²) in [6.07, 6.45) is -87.5. The van der Waals surface area contributed by atoms with Crippen molar-refractivity contribution in [3.05, 3.63) is 0 Å². The van der Waals surface area contributed by atoms with Gasteiger partial charge in [-0.3, -0.25) is 23.7 Å². The van der Waals surface area contributed by atoms with Crippen molar-refractivity contribution in [1.82, 2.24) is 21.3 Å². The van der Waals surface area contributed by atoms with Crippen molar-refractivity contribution >= 4 is 34.0 Å². The van der Waals surface area contributed by atoms with E-state index in [1.807, 2.05) is 0 Å². The predicted octanol–water partition coefficient (Wildman–Crippen LogP) is -20.6. The van der Waals surface area contributed by atoms with Gasteiger partial charge < -0.3 is 225 Å². The van der Waals surface area contributed by atoms with Crippen LogP contribution in [0.4, 0.5) is 0 Å². The van der Waals surface area contributed by atoms with Crippen LogP contribution in [-0.4, -0.2) is 500 Å². The minimum Gasteiger partial charge on any atom is -0.394 e. The zero-order valence-corrected chi connectivity index (χ0v) is 62.7. The average Bonchev–Trinajstić information content (AvgIpc) is 0.773. The van der Waals surface area contributed by atoms with Crippen LogP contribution in [0.2, 0.25) is 0 Å². The number of aliphatic hydroxyl groups is 25. The van der Waals surface area contributed by atoms with Gasteiger partial charge in [0.05, 0.1) is 72.1 Å². The minimum atomic E-state index is -5.44. The van der Waals surface area contributed by atoms with Crippen molar-refractivity contribution in [2.24, 2.45) is 0 Å². The van der Waals surface area contributed by atoms with Gasteiger partial charge in [-0.2, -0.15) is 8.42 Å². The molecule has 0 unspecified atom stereocenters. The number of carbonyl (C=O) groups is 4. The van der Waals surface area contributed by atoms with Crippen molar-refractivity contribution < 1.29 is 240 Å². The van der Waals surface area contributed by atoms with E-state index >= 15 is 0 Å². The third kappa shape index (κ3) is 22.9. The maximum absolute atomic E-state index is 13.1. The number of hydrogen-bond acceptors (Lipinski definition) is 48. The van der Waals surface area contributed by atoms with Gasteiger partial charge in [-0.1, -0.05) is 0 Å². The third-order valence-electron chi connectivity index (χ3n) is 20.2. The fourth-order valence-electron chi connectivity index (χ4n) is 14.2. The summed E-state index contributed by atoms with van der Waals surface area (Å²) in [7, 11) is -5.44. The molecule has 0 aliphatic carbocycles. The van der Waals surface area contributed by atoms with Crippen molar-refractivity contribution in [3.8, 4) is 0 Å². The van der Waals surface area contributed by atoms with Crippen molar-refractivity contribution in [2.75, 3.05) is 66.1 Å². The summed E-state index contributed by atoms with van der Waals surface area (Å²) < 4.78 is 132. The van der Waals surface area contributed by atoms with E-state index < -0.39 is 370 Å². The highest BCUT2D eigenvalue weighted by atomic mass is 32.3. The topological polar surface area (TPSA) is 833 Å². The molecule has 0 aromatic carbocycles. The molecule has 8 rings (SSSR count). The molecule has 30 N–H and O–H groups in total. The molecule has 0 spiro atoms. The Hall–Kier alpha value is -3.89. The van der Waals surface area contributed by atoms with Crippen LogP contribution in [0.3, 0.4) is 0 Å². The molecule has 8 fully saturated rings. The minimum absolute atomic E-state index is 0.828. The zero-order valence-electron chi connectivity index (χ0n) is 61.9. The molecule has 8 heterocycles. The standard InChI is InChI=1S/C62H106N4O49S/c1-15(75)63-19(5-67)32(80)48(20(79)6-68)109-55-29(64-16(2)76)39(87)50(25(11-73)104-55)111-61-47(95)53(37(85)28(108-61)14-100-59-46(94)52(112-60-45(93)42(90)34(82)22(8-70)102-60)36(84)27(107-59)13-99-58-44(92)41(89)33(81)21(7-69)101-58)113-62-54(43(91)35(83)23(9-71)103-62)114-57-30(65-17(3)77)38(86)49(24(10-72)105-57)110-56-31(66-18(4)78)40(88)51(26(12-74)106-56)115-116(96,97)98/h19-62,67-74,79-95H,5-14H2,1-4H3,(H,63,75)(H,64,76)(H,65,77)(H,66,78)(H,96,97,98)/t19-,20+,21+,22+,23+,24+,25+,26+,27+,28+,29+,30+,31+,32+,33+,34+,35+,36+,37+,38+,39+,40+,41-,42-,43-,44-,45-,46-,47-,48+,49+,50+,51-,52-,53-,54-,55-,56-,57-,58-,59-,60+,61-,62+/m0/s1. The molecule has 674 valence electrons. The van der Waals surface area contributed by atoms with Crippen LogP contribution in [0.5, 0.6) is 0 Å². The fourth-order valence-corrected chi connectivity index (χ4v) is 14.7. The molecule has 0 bridgehead atoms. The number of hydrogen-bond donors (Lipinski definition) is 30. The van der Waals surface area contributed by atoms with Gasteiger partial charge in [0.2, 0.25) is 23.6 Å². The summed E-state index contributed by atoms with van der Waals surface area (Å²) in [6, 6.07) is -7.69. The lowest BCUT2D eigenvalue weighted by Crippen LogP contribution is -2.71. The molecule has 4 amide bonds. The highest BCUT2D eigenvalue weighted by Gasteiger charge is 2.61. The van der Waals surface area contributed by atoms with Crippen LogP contribution in [0.15, 0.2) is 0 Å². The Labute approximate surface area is 656 Å². The van der Waals surface area contributed by atoms with Gasteiger partial charge in [-0.15, -0.1) is 0 Å². The molecule has 0 saturated carbocycles. The van der Waals surface area contributed by atoms with Gasteiger partial charge in [0.15, 0.2) is 50.3 Å². The average molecular weight is 1720 g/mol. The molecule has 0 radical (unpaired) electrons. The lowest BCUT2D eigenvalue weighted by atomic mass is 9.94. The summed E-state index contributed by atoms with van der Waals surface area (Å²) in [4.78, 5) is 50.6. The van der Waals surface area contributed by atoms with E-state index in [1.54, 1.807) is 0 Å². The van der Waals surface area contributed by atoms with Gasteiger partial charge in [0, 0.05) is 27.7 Å². The van der Waals surface area contributed by atoms with E-state index in [-0.39, 0.29) is 0 Å². The predicted molar refractivity (Wildman–Crippen MR) is 356 cm³/mol. The van der Waals surface area contributed by atoms with Crippen molar-refractivity contribution in [1.29, 1.82) is 0 Å². The maximum Gasteiger partial charge on any atom is 0.397 e. The van der Waals surface area contributed by atoms with Gasteiger partial charge >= 0.3 is 10.4 Å². The molecule has 116 heavy (non-hydrogen) atoms. The van der Waals surface area contributed by atoms with Crippen molar-refractivity contribution in [3.63, 3.8) is 0 Å². The molecular formula is C62H106N4O49S. The number of aliphatic hydroxyl groups excluding tert-OH is 25. The first-order valence-corrected chi connectivity index (χ1v) is 37.6. The van der Waals surface area contributed by atoms with Crippen LogP contribution in [-0.2, 0) is 110 Å². The normalized spacial score (nSPS) is 44.9. The summed E-state index contributed by atoms with van der Waals surface area (Å²) >= 11 is 0.